The summed E-state index contributed by atoms with van der Waals surface area (Å²) in [5.41, 5.74) is 4.93. The molecule has 116 valence electrons. The van der Waals surface area contributed by atoms with E-state index in [0.717, 1.165) is 36.8 Å². The first-order valence-electron chi connectivity index (χ1n) is 7.98. The number of hydrogen-bond donors (Lipinski definition) is 0. The summed E-state index contributed by atoms with van der Waals surface area (Å²) in [6, 6.07) is 10.6. The molecule has 1 aliphatic heterocycles. The summed E-state index contributed by atoms with van der Waals surface area (Å²) in [5.74, 6) is 1.78. The molecule has 0 bridgehead atoms. The van der Waals surface area contributed by atoms with E-state index in [1.807, 2.05) is 18.3 Å². The summed E-state index contributed by atoms with van der Waals surface area (Å²) in [5, 5.41) is 8.90. The number of benzene rings is 1. The Labute approximate surface area is 135 Å². The van der Waals surface area contributed by atoms with E-state index in [1.54, 1.807) is 6.20 Å². The second kappa shape index (κ2) is 5.50. The van der Waals surface area contributed by atoms with Crippen LogP contribution in [0.15, 0.2) is 42.7 Å². The fourth-order valence-electron chi connectivity index (χ4n) is 3.23. The smallest absolute Gasteiger partial charge is 0.232 e. The minimum atomic E-state index is 0.824. The third-order valence-electron chi connectivity index (χ3n) is 4.34. The van der Waals surface area contributed by atoms with Crippen LogP contribution in [0.3, 0.4) is 0 Å². The minimum absolute atomic E-state index is 0.824. The Morgan fingerprint density at radius 2 is 2.09 bits per heavy atom. The first-order chi connectivity index (χ1) is 11.3. The number of anilines is 2. The van der Waals surface area contributed by atoms with Gasteiger partial charge < -0.3 is 4.90 Å². The highest BCUT2D eigenvalue weighted by Gasteiger charge is 2.25. The maximum atomic E-state index is 4.48. The van der Waals surface area contributed by atoms with Crippen LogP contribution in [0.1, 0.15) is 18.1 Å². The standard InChI is InChI=1S/C18H19N5/c1-3-22-17(15-5-4-9-19-12-15)20-21-18(22)23-10-8-14-11-13(2)6-7-16(14)23/h4-7,9,11-12H,3,8,10H2,1-2H3. The molecule has 1 aromatic carbocycles. The lowest BCUT2D eigenvalue weighted by Gasteiger charge is -2.19. The van der Waals surface area contributed by atoms with Gasteiger partial charge in [0.1, 0.15) is 0 Å². The molecule has 0 radical (unpaired) electrons. The monoisotopic (exact) mass is 305 g/mol. The number of aryl methyl sites for hydroxylation is 1. The Morgan fingerprint density at radius 1 is 1.17 bits per heavy atom. The Balaban J connectivity index is 1.79. The molecule has 0 unspecified atom stereocenters. The molecule has 5 heteroatoms. The number of aromatic nitrogens is 4. The van der Waals surface area contributed by atoms with Crippen LogP contribution in [0.5, 0.6) is 0 Å². The van der Waals surface area contributed by atoms with Crippen molar-refractivity contribution in [2.45, 2.75) is 26.8 Å². The van der Waals surface area contributed by atoms with Gasteiger partial charge in [0.2, 0.25) is 5.95 Å². The molecule has 3 aromatic rings. The van der Waals surface area contributed by atoms with E-state index in [2.05, 4.69) is 56.7 Å². The fourth-order valence-corrected chi connectivity index (χ4v) is 3.23. The van der Waals surface area contributed by atoms with Crippen LogP contribution in [-0.4, -0.2) is 26.3 Å². The lowest BCUT2D eigenvalue weighted by molar-refractivity contribution is 0.750. The summed E-state index contributed by atoms with van der Waals surface area (Å²) >= 11 is 0. The van der Waals surface area contributed by atoms with Gasteiger partial charge in [0.25, 0.3) is 0 Å². The normalized spacial score (nSPS) is 13.4. The van der Waals surface area contributed by atoms with Crippen molar-refractivity contribution < 1.29 is 0 Å². The molecule has 0 amide bonds. The highest BCUT2D eigenvalue weighted by atomic mass is 15.4. The predicted octanol–water partition coefficient (Wildman–Crippen LogP) is 3.36. The number of rotatable bonds is 3. The summed E-state index contributed by atoms with van der Waals surface area (Å²) in [6.07, 6.45) is 4.66. The van der Waals surface area contributed by atoms with Gasteiger partial charge in [-0.1, -0.05) is 17.7 Å². The van der Waals surface area contributed by atoms with Gasteiger partial charge in [0.05, 0.1) is 0 Å². The highest BCUT2D eigenvalue weighted by molar-refractivity contribution is 5.68. The van der Waals surface area contributed by atoms with Crippen molar-refractivity contribution in [3.63, 3.8) is 0 Å². The molecular weight excluding hydrogens is 286 g/mol. The summed E-state index contributed by atoms with van der Waals surface area (Å²) in [7, 11) is 0. The zero-order chi connectivity index (χ0) is 15.8. The third-order valence-corrected chi connectivity index (χ3v) is 4.34. The average Bonchev–Trinajstić information content (AvgIpc) is 3.18. The molecular formula is C18H19N5. The summed E-state index contributed by atoms with van der Waals surface area (Å²) in [6.45, 7) is 6.03. The van der Waals surface area contributed by atoms with E-state index in [9.17, 15) is 0 Å². The molecule has 2 aromatic heterocycles. The lowest BCUT2D eigenvalue weighted by Crippen LogP contribution is -2.18. The first-order valence-corrected chi connectivity index (χ1v) is 7.98. The van der Waals surface area contributed by atoms with Crippen LogP contribution >= 0.6 is 0 Å². The summed E-state index contributed by atoms with van der Waals surface area (Å²) < 4.78 is 2.16. The number of hydrogen-bond acceptors (Lipinski definition) is 4. The molecule has 3 heterocycles. The van der Waals surface area contributed by atoms with Gasteiger partial charge in [-0.05, 0) is 44.0 Å². The van der Waals surface area contributed by atoms with Crippen LogP contribution in [0.25, 0.3) is 11.4 Å². The zero-order valence-corrected chi connectivity index (χ0v) is 13.4. The van der Waals surface area contributed by atoms with Crippen molar-refractivity contribution >= 4 is 11.6 Å². The molecule has 0 aliphatic carbocycles. The molecule has 5 nitrogen and oxygen atoms in total. The molecule has 0 fully saturated rings. The van der Waals surface area contributed by atoms with Crippen molar-refractivity contribution in [1.29, 1.82) is 0 Å². The van der Waals surface area contributed by atoms with Gasteiger partial charge >= 0.3 is 0 Å². The van der Waals surface area contributed by atoms with E-state index in [4.69, 9.17) is 0 Å². The molecule has 0 saturated carbocycles. The number of pyridine rings is 1. The maximum absolute atomic E-state index is 4.48. The minimum Gasteiger partial charge on any atom is -0.310 e. The number of nitrogens with zero attached hydrogens (tertiary/aromatic N) is 5. The Bertz CT molecular complexity index is 838. The quantitative estimate of drug-likeness (QED) is 0.744. The van der Waals surface area contributed by atoms with E-state index >= 15 is 0 Å². The third kappa shape index (κ3) is 2.29. The van der Waals surface area contributed by atoms with Crippen molar-refractivity contribution in [1.82, 2.24) is 19.7 Å². The first kappa shape index (κ1) is 13.9. The zero-order valence-electron chi connectivity index (χ0n) is 13.4. The molecule has 0 atom stereocenters. The second-order valence-electron chi connectivity index (χ2n) is 5.84. The molecule has 0 spiro atoms. The lowest BCUT2D eigenvalue weighted by atomic mass is 10.1. The van der Waals surface area contributed by atoms with Gasteiger partial charge in [0, 0.05) is 36.7 Å². The summed E-state index contributed by atoms with van der Waals surface area (Å²) in [4.78, 5) is 6.46. The Hall–Kier alpha value is -2.69. The van der Waals surface area contributed by atoms with Crippen LogP contribution in [-0.2, 0) is 13.0 Å². The van der Waals surface area contributed by atoms with Gasteiger partial charge in [-0.15, -0.1) is 10.2 Å². The van der Waals surface area contributed by atoms with Crippen molar-refractivity contribution in [3.05, 3.63) is 53.9 Å². The molecule has 4 rings (SSSR count). The van der Waals surface area contributed by atoms with Gasteiger partial charge in [-0.2, -0.15) is 0 Å². The second-order valence-corrected chi connectivity index (χ2v) is 5.84. The van der Waals surface area contributed by atoms with Crippen LogP contribution in [0.2, 0.25) is 0 Å². The maximum Gasteiger partial charge on any atom is 0.232 e. The van der Waals surface area contributed by atoms with Crippen LogP contribution in [0, 0.1) is 6.92 Å². The molecule has 23 heavy (non-hydrogen) atoms. The largest absolute Gasteiger partial charge is 0.310 e. The Kier molecular flexibility index (Phi) is 3.33. The molecule has 1 aliphatic rings. The van der Waals surface area contributed by atoms with Crippen LogP contribution in [0.4, 0.5) is 11.6 Å². The predicted molar refractivity (Wildman–Crippen MR) is 90.8 cm³/mol. The topological polar surface area (TPSA) is 46.8 Å². The van der Waals surface area contributed by atoms with Gasteiger partial charge in [-0.25, -0.2) is 0 Å². The van der Waals surface area contributed by atoms with E-state index in [-0.39, 0.29) is 0 Å². The Morgan fingerprint density at radius 3 is 2.87 bits per heavy atom. The average molecular weight is 305 g/mol. The molecule has 0 saturated heterocycles. The number of fused-ring (bicyclic) bond motifs is 1. The van der Waals surface area contributed by atoms with Crippen LogP contribution < -0.4 is 4.90 Å². The fraction of sp³-hybridized carbons (Fsp3) is 0.278. The van der Waals surface area contributed by atoms with E-state index < -0.39 is 0 Å². The molecule has 0 N–H and O–H groups in total. The van der Waals surface area contributed by atoms with Gasteiger partial charge in [0.15, 0.2) is 5.82 Å². The van der Waals surface area contributed by atoms with E-state index in [0.29, 0.717) is 0 Å². The van der Waals surface area contributed by atoms with E-state index in [1.165, 1.54) is 16.8 Å². The van der Waals surface area contributed by atoms with Crippen molar-refractivity contribution in [2.24, 2.45) is 0 Å². The van der Waals surface area contributed by atoms with Crippen molar-refractivity contribution in [3.8, 4) is 11.4 Å². The SMILES string of the molecule is CCn1c(-c2cccnc2)nnc1N1CCc2cc(C)ccc21. The highest BCUT2D eigenvalue weighted by Crippen LogP contribution is 2.35. The van der Waals surface area contributed by atoms with Gasteiger partial charge in [-0.3, -0.25) is 9.55 Å². The van der Waals surface area contributed by atoms with Crippen molar-refractivity contribution in [2.75, 3.05) is 11.4 Å².